The zero-order chi connectivity index (χ0) is 18.6. The summed E-state index contributed by atoms with van der Waals surface area (Å²) in [6.07, 6.45) is 3.47. The first-order valence-electron chi connectivity index (χ1n) is 8.00. The van der Waals surface area contributed by atoms with Crippen molar-refractivity contribution in [2.75, 3.05) is 0 Å². The molecule has 0 radical (unpaired) electrons. The van der Waals surface area contributed by atoms with Gasteiger partial charge < -0.3 is 13.7 Å². The fraction of sp³-hybridized carbons (Fsp3) is 0.111. The quantitative estimate of drug-likeness (QED) is 0.468. The third kappa shape index (κ3) is 3.90. The molecule has 0 aliphatic rings. The number of benzene rings is 1. The molecule has 0 aliphatic heterocycles. The van der Waals surface area contributed by atoms with Crippen molar-refractivity contribution < 1.29 is 18.5 Å². The van der Waals surface area contributed by atoms with Gasteiger partial charge in [-0.05, 0) is 30.3 Å². The molecule has 0 unspecified atom stereocenters. The maximum absolute atomic E-state index is 12.1. The van der Waals surface area contributed by atoms with Gasteiger partial charge in [0, 0.05) is 12.4 Å². The highest BCUT2D eigenvalue weighted by atomic mass is 35.5. The molecule has 3 heterocycles. The van der Waals surface area contributed by atoms with Gasteiger partial charge >= 0.3 is 5.97 Å². The molecule has 0 bridgehead atoms. The first-order valence-corrected chi connectivity index (χ1v) is 8.37. The van der Waals surface area contributed by atoms with Crippen molar-refractivity contribution in [3.8, 4) is 11.5 Å². The minimum atomic E-state index is -0.620. The fourth-order valence-electron chi connectivity index (χ4n) is 2.38. The third-order valence-electron chi connectivity index (χ3n) is 3.64. The van der Waals surface area contributed by atoms with Crippen LogP contribution in [0.3, 0.4) is 0 Å². The molecule has 9 heteroatoms. The predicted octanol–water partition coefficient (Wildman–Crippen LogP) is 3.58. The highest BCUT2D eigenvalue weighted by molar-refractivity contribution is 6.33. The van der Waals surface area contributed by atoms with Crippen molar-refractivity contribution in [3.63, 3.8) is 0 Å². The van der Waals surface area contributed by atoms with Gasteiger partial charge in [-0.1, -0.05) is 28.9 Å². The summed E-state index contributed by atoms with van der Waals surface area (Å²) in [6.45, 7) is 0.272. The van der Waals surface area contributed by atoms with Crippen molar-refractivity contribution in [1.82, 2.24) is 19.9 Å². The molecule has 4 rings (SSSR count). The standard InChI is InChI=1S/C18H13ClN4O4/c19-14-5-2-1-4-13(14)17-21-16(22-27-17)11-25-18(24)15-7-6-12(26-15)10-23-9-3-8-20-23/h1-9H,10-11H2. The predicted molar refractivity (Wildman–Crippen MR) is 93.9 cm³/mol. The summed E-state index contributed by atoms with van der Waals surface area (Å²) in [5.41, 5.74) is 0.610. The third-order valence-corrected chi connectivity index (χ3v) is 3.97. The number of hydrogen-bond acceptors (Lipinski definition) is 7. The normalized spacial score (nSPS) is 10.9. The minimum absolute atomic E-state index is 0.0898. The first kappa shape index (κ1) is 17.0. The summed E-state index contributed by atoms with van der Waals surface area (Å²) in [4.78, 5) is 16.3. The lowest BCUT2D eigenvalue weighted by Gasteiger charge is -1.99. The Morgan fingerprint density at radius 2 is 2.07 bits per heavy atom. The largest absolute Gasteiger partial charge is 0.452 e. The lowest BCUT2D eigenvalue weighted by atomic mass is 10.2. The lowest BCUT2D eigenvalue weighted by molar-refractivity contribution is 0.0421. The van der Waals surface area contributed by atoms with Gasteiger partial charge in [0.2, 0.25) is 11.6 Å². The first-order chi connectivity index (χ1) is 13.2. The molecule has 0 aliphatic carbocycles. The zero-order valence-corrected chi connectivity index (χ0v) is 14.7. The van der Waals surface area contributed by atoms with E-state index in [0.29, 0.717) is 22.9 Å². The van der Waals surface area contributed by atoms with Crippen LogP contribution in [0.15, 0.2) is 63.8 Å². The van der Waals surface area contributed by atoms with E-state index in [1.54, 1.807) is 53.5 Å². The number of nitrogens with zero attached hydrogens (tertiary/aromatic N) is 4. The van der Waals surface area contributed by atoms with Crippen LogP contribution in [0, 0.1) is 0 Å². The van der Waals surface area contributed by atoms with Crippen LogP contribution >= 0.6 is 11.6 Å². The van der Waals surface area contributed by atoms with Crippen LogP contribution in [0.1, 0.15) is 22.1 Å². The van der Waals surface area contributed by atoms with E-state index >= 15 is 0 Å². The van der Waals surface area contributed by atoms with Crippen LogP contribution in [-0.2, 0) is 17.9 Å². The van der Waals surface area contributed by atoms with Crippen LogP contribution in [0.25, 0.3) is 11.5 Å². The van der Waals surface area contributed by atoms with E-state index in [4.69, 9.17) is 25.3 Å². The summed E-state index contributed by atoms with van der Waals surface area (Å²) >= 11 is 6.10. The lowest BCUT2D eigenvalue weighted by Crippen LogP contribution is -2.05. The van der Waals surface area contributed by atoms with Gasteiger partial charge in [0.15, 0.2) is 6.61 Å². The number of rotatable bonds is 6. The molecule has 0 saturated heterocycles. The van der Waals surface area contributed by atoms with Crippen LogP contribution in [0.5, 0.6) is 0 Å². The van der Waals surface area contributed by atoms with Crippen molar-refractivity contribution >= 4 is 17.6 Å². The Morgan fingerprint density at radius 3 is 2.89 bits per heavy atom. The molecule has 27 heavy (non-hydrogen) atoms. The molecule has 0 atom stereocenters. The molecule has 4 aromatic rings. The van der Waals surface area contributed by atoms with E-state index in [2.05, 4.69) is 15.2 Å². The van der Waals surface area contributed by atoms with E-state index in [1.807, 2.05) is 6.07 Å². The number of ether oxygens (including phenoxy) is 1. The average Bonchev–Trinajstić information content (AvgIpc) is 3.43. The van der Waals surface area contributed by atoms with Gasteiger partial charge in [-0.15, -0.1) is 0 Å². The smallest absolute Gasteiger partial charge is 0.374 e. The second kappa shape index (κ2) is 7.46. The van der Waals surface area contributed by atoms with Crippen LogP contribution in [0.2, 0.25) is 5.02 Å². The molecule has 0 amide bonds. The Labute approximate surface area is 158 Å². The van der Waals surface area contributed by atoms with Crippen molar-refractivity contribution in [3.05, 3.63) is 77.2 Å². The van der Waals surface area contributed by atoms with Gasteiger partial charge in [0.05, 0.1) is 17.1 Å². The Hall–Kier alpha value is -3.39. The molecule has 136 valence electrons. The summed E-state index contributed by atoms with van der Waals surface area (Å²) in [5.74, 6) is 0.539. The van der Waals surface area contributed by atoms with E-state index < -0.39 is 5.97 Å². The molecule has 3 aromatic heterocycles. The number of halogens is 1. The highest BCUT2D eigenvalue weighted by Crippen LogP contribution is 2.25. The topological polar surface area (TPSA) is 96.2 Å². The van der Waals surface area contributed by atoms with E-state index in [0.717, 1.165) is 0 Å². The molecule has 0 fully saturated rings. The highest BCUT2D eigenvalue weighted by Gasteiger charge is 2.16. The Morgan fingerprint density at radius 1 is 1.19 bits per heavy atom. The number of esters is 1. The van der Waals surface area contributed by atoms with Gasteiger partial charge in [-0.3, -0.25) is 4.68 Å². The number of furan rings is 1. The average molecular weight is 385 g/mol. The molecule has 8 nitrogen and oxygen atoms in total. The van der Waals surface area contributed by atoms with Crippen molar-refractivity contribution in [2.24, 2.45) is 0 Å². The summed E-state index contributed by atoms with van der Waals surface area (Å²) < 4.78 is 17.5. The Balaban J connectivity index is 1.37. The van der Waals surface area contributed by atoms with E-state index in [-0.39, 0.29) is 24.1 Å². The van der Waals surface area contributed by atoms with E-state index in [9.17, 15) is 4.79 Å². The van der Waals surface area contributed by atoms with E-state index in [1.165, 1.54) is 0 Å². The minimum Gasteiger partial charge on any atom is -0.452 e. The maximum atomic E-state index is 12.1. The Bertz CT molecular complexity index is 1050. The fourth-order valence-corrected chi connectivity index (χ4v) is 2.60. The summed E-state index contributed by atoms with van der Waals surface area (Å²) in [6, 6.07) is 12.1. The van der Waals surface area contributed by atoms with Crippen LogP contribution in [0.4, 0.5) is 0 Å². The number of aromatic nitrogens is 4. The van der Waals surface area contributed by atoms with Gasteiger partial charge in [0.25, 0.3) is 5.89 Å². The summed E-state index contributed by atoms with van der Waals surface area (Å²) in [7, 11) is 0. The molecule has 0 saturated carbocycles. The molecule has 0 N–H and O–H groups in total. The van der Waals surface area contributed by atoms with Crippen LogP contribution in [-0.4, -0.2) is 25.9 Å². The van der Waals surface area contributed by atoms with Gasteiger partial charge in [0.1, 0.15) is 5.76 Å². The Kier molecular flexibility index (Phi) is 4.71. The second-order valence-corrected chi connectivity index (χ2v) is 5.95. The summed E-state index contributed by atoms with van der Waals surface area (Å²) in [5, 5.41) is 8.36. The maximum Gasteiger partial charge on any atom is 0.374 e. The van der Waals surface area contributed by atoms with Crippen molar-refractivity contribution in [2.45, 2.75) is 13.2 Å². The van der Waals surface area contributed by atoms with Gasteiger partial charge in [-0.25, -0.2) is 4.79 Å². The second-order valence-electron chi connectivity index (χ2n) is 5.54. The zero-order valence-electron chi connectivity index (χ0n) is 13.9. The molecular weight excluding hydrogens is 372 g/mol. The molecular formula is C18H13ClN4O4. The molecule has 0 spiro atoms. The number of hydrogen-bond donors (Lipinski definition) is 0. The monoisotopic (exact) mass is 384 g/mol. The van der Waals surface area contributed by atoms with Crippen molar-refractivity contribution in [1.29, 1.82) is 0 Å². The molecule has 1 aromatic carbocycles. The van der Waals surface area contributed by atoms with Gasteiger partial charge in [-0.2, -0.15) is 10.1 Å². The number of carbonyl (C=O) groups is 1. The van der Waals surface area contributed by atoms with Crippen LogP contribution < -0.4 is 0 Å². The SMILES string of the molecule is O=C(OCc1noc(-c2ccccc2Cl)n1)c1ccc(Cn2cccn2)o1. The number of carbonyl (C=O) groups excluding carboxylic acids is 1.